The van der Waals surface area contributed by atoms with E-state index in [0.717, 1.165) is 21.4 Å². The van der Waals surface area contributed by atoms with Crippen LogP contribution in [0.15, 0.2) is 47.6 Å². The van der Waals surface area contributed by atoms with Crippen LogP contribution in [0, 0.1) is 5.41 Å². The van der Waals surface area contributed by atoms with Crippen molar-refractivity contribution < 1.29 is 0 Å². The molecule has 0 bridgehead atoms. The van der Waals surface area contributed by atoms with Crippen LogP contribution in [-0.2, 0) is 5.75 Å². The number of nitrogen functional groups attached to an aromatic ring is 1. The van der Waals surface area contributed by atoms with Gasteiger partial charge in [0, 0.05) is 22.5 Å². The van der Waals surface area contributed by atoms with Crippen LogP contribution in [0.4, 0.5) is 0 Å². The molecule has 1 heterocycles. The van der Waals surface area contributed by atoms with Gasteiger partial charge in [0.1, 0.15) is 5.84 Å². The van der Waals surface area contributed by atoms with Gasteiger partial charge < -0.3 is 5.73 Å². The zero-order valence-electron chi connectivity index (χ0n) is 9.56. The molecule has 3 N–H and O–H groups in total. The summed E-state index contributed by atoms with van der Waals surface area (Å²) in [5.74, 6) is 0.797. The van der Waals surface area contributed by atoms with Crippen molar-refractivity contribution in [3.05, 3.63) is 58.7 Å². The topological polar surface area (TPSA) is 62.8 Å². The van der Waals surface area contributed by atoms with Crippen LogP contribution in [-0.4, -0.2) is 10.8 Å². The lowest BCUT2D eigenvalue weighted by atomic mass is 10.2. The fourth-order valence-corrected chi connectivity index (χ4v) is 2.61. The van der Waals surface area contributed by atoms with Gasteiger partial charge in [0.25, 0.3) is 0 Å². The molecule has 5 heteroatoms. The van der Waals surface area contributed by atoms with E-state index < -0.39 is 0 Å². The molecule has 0 unspecified atom stereocenters. The van der Waals surface area contributed by atoms with Crippen LogP contribution in [0.25, 0.3) is 0 Å². The number of thioether (sulfide) groups is 1. The highest BCUT2D eigenvalue weighted by atomic mass is 35.5. The number of nitrogens with zero attached hydrogens (tertiary/aromatic N) is 1. The smallest absolute Gasteiger partial charge is 0.122 e. The Balaban J connectivity index is 2.09. The summed E-state index contributed by atoms with van der Waals surface area (Å²) in [6.07, 6.45) is 1.66. The van der Waals surface area contributed by atoms with Crippen LogP contribution >= 0.6 is 23.4 Å². The maximum absolute atomic E-state index is 7.38. The van der Waals surface area contributed by atoms with Crippen molar-refractivity contribution in [1.29, 1.82) is 5.41 Å². The summed E-state index contributed by atoms with van der Waals surface area (Å²) in [6, 6.07) is 11.3. The molecular formula is C13H12ClN3S. The van der Waals surface area contributed by atoms with E-state index in [-0.39, 0.29) is 5.84 Å². The number of rotatable bonds is 4. The van der Waals surface area contributed by atoms with Gasteiger partial charge in [0.2, 0.25) is 0 Å². The van der Waals surface area contributed by atoms with Gasteiger partial charge in [-0.25, -0.2) is 4.98 Å². The Labute approximate surface area is 115 Å². The Hall–Kier alpha value is -1.52. The Morgan fingerprint density at radius 3 is 2.83 bits per heavy atom. The Bertz CT molecular complexity index is 572. The second-order valence-corrected chi connectivity index (χ2v) is 5.08. The summed E-state index contributed by atoms with van der Waals surface area (Å²) in [5.41, 5.74) is 7.19. The minimum absolute atomic E-state index is 0.0528. The molecule has 1 aromatic carbocycles. The Morgan fingerprint density at radius 2 is 2.11 bits per heavy atom. The van der Waals surface area contributed by atoms with Crippen molar-refractivity contribution in [1.82, 2.24) is 4.98 Å². The maximum Gasteiger partial charge on any atom is 0.122 e. The van der Waals surface area contributed by atoms with E-state index in [4.69, 9.17) is 22.7 Å². The van der Waals surface area contributed by atoms with E-state index in [0.29, 0.717) is 5.56 Å². The van der Waals surface area contributed by atoms with Crippen molar-refractivity contribution in [2.75, 3.05) is 0 Å². The molecule has 0 aliphatic carbocycles. The van der Waals surface area contributed by atoms with Gasteiger partial charge >= 0.3 is 0 Å². The number of pyridine rings is 1. The summed E-state index contributed by atoms with van der Waals surface area (Å²) in [6.45, 7) is 0. The summed E-state index contributed by atoms with van der Waals surface area (Å²) < 4.78 is 0. The summed E-state index contributed by atoms with van der Waals surface area (Å²) in [7, 11) is 0. The van der Waals surface area contributed by atoms with Crippen LogP contribution in [0.1, 0.15) is 11.1 Å². The van der Waals surface area contributed by atoms with Crippen molar-refractivity contribution in [3.8, 4) is 0 Å². The van der Waals surface area contributed by atoms with Gasteiger partial charge in [0.15, 0.2) is 0 Å². The van der Waals surface area contributed by atoms with Gasteiger partial charge in [-0.1, -0.05) is 29.8 Å². The number of halogens is 1. The quantitative estimate of drug-likeness (QED) is 0.512. The van der Waals surface area contributed by atoms with E-state index in [2.05, 4.69) is 4.98 Å². The van der Waals surface area contributed by atoms with Crippen LogP contribution in [0.2, 0.25) is 5.02 Å². The molecule has 0 spiro atoms. The standard InChI is InChI=1S/C13H12ClN3S/c14-11-4-2-1-3-10(11)8-18-12-7-9(13(15)16)5-6-17-12/h1-7H,8H2,(H3,15,16). The van der Waals surface area contributed by atoms with Gasteiger partial charge in [-0.15, -0.1) is 11.8 Å². The third-order valence-corrected chi connectivity index (χ3v) is 3.72. The fraction of sp³-hybridized carbons (Fsp3) is 0.0769. The molecule has 0 aliphatic heterocycles. The first-order valence-corrected chi connectivity index (χ1v) is 6.70. The maximum atomic E-state index is 7.38. The van der Waals surface area contributed by atoms with E-state index in [1.54, 1.807) is 24.0 Å². The van der Waals surface area contributed by atoms with Gasteiger partial charge in [-0.05, 0) is 23.8 Å². The van der Waals surface area contributed by atoms with Gasteiger partial charge in [-0.2, -0.15) is 0 Å². The monoisotopic (exact) mass is 277 g/mol. The molecule has 0 fully saturated rings. The molecule has 0 aliphatic rings. The molecule has 0 atom stereocenters. The number of nitrogens with two attached hydrogens (primary N) is 1. The number of aromatic nitrogens is 1. The van der Waals surface area contributed by atoms with Crippen molar-refractivity contribution in [2.24, 2.45) is 5.73 Å². The SMILES string of the molecule is N=C(N)c1ccnc(SCc2ccccc2Cl)c1. The lowest BCUT2D eigenvalue weighted by molar-refractivity contribution is 1.12. The Morgan fingerprint density at radius 1 is 1.33 bits per heavy atom. The number of hydrogen-bond donors (Lipinski definition) is 2. The normalized spacial score (nSPS) is 10.3. The first-order valence-electron chi connectivity index (χ1n) is 5.33. The molecular weight excluding hydrogens is 266 g/mol. The number of hydrogen-bond acceptors (Lipinski definition) is 3. The van der Waals surface area contributed by atoms with E-state index >= 15 is 0 Å². The average molecular weight is 278 g/mol. The highest BCUT2D eigenvalue weighted by molar-refractivity contribution is 7.98. The lowest BCUT2D eigenvalue weighted by Crippen LogP contribution is -2.10. The summed E-state index contributed by atoms with van der Waals surface area (Å²) in [5, 5.41) is 8.97. The van der Waals surface area contributed by atoms with E-state index in [1.165, 1.54) is 0 Å². The number of amidine groups is 1. The van der Waals surface area contributed by atoms with Crippen molar-refractivity contribution in [2.45, 2.75) is 10.8 Å². The minimum Gasteiger partial charge on any atom is -0.384 e. The third-order valence-electron chi connectivity index (χ3n) is 2.38. The largest absolute Gasteiger partial charge is 0.384 e. The van der Waals surface area contributed by atoms with Crippen LogP contribution in [0.5, 0.6) is 0 Å². The zero-order valence-corrected chi connectivity index (χ0v) is 11.1. The van der Waals surface area contributed by atoms with Crippen molar-refractivity contribution >= 4 is 29.2 Å². The van der Waals surface area contributed by atoms with Crippen molar-refractivity contribution in [3.63, 3.8) is 0 Å². The molecule has 18 heavy (non-hydrogen) atoms. The first-order chi connectivity index (χ1) is 8.66. The molecule has 3 nitrogen and oxygen atoms in total. The number of nitrogens with one attached hydrogen (secondary N) is 1. The second kappa shape index (κ2) is 5.89. The molecule has 2 aromatic rings. The van der Waals surface area contributed by atoms with Crippen LogP contribution in [0.3, 0.4) is 0 Å². The molecule has 0 saturated carbocycles. The summed E-state index contributed by atoms with van der Waals surface area (Å²) >= 11 is 7.66. The fourth-order valence-electron chi connectivity index (χ4n) is 1.42. The molecule has 2 rings (SSSR count). The Kier molecular flexibility index (Phi) is 4.23. The third kappa shape index (κ3) is 3.24. The predicted molar refractivity (Wildman–Crippen MR) is 76.3 cm³/mol. The van der Waals surface area contributed by atoms with Gasteiger partial charge in [0.05, 0.1) is 5.03 Å². The molecule has 0 saturated heterocycles. The number of benzene rings is 1. The molecule has 0 radical (unpaired) electrons. The van der Waals surface area contributed by atoms with E-state index in [9.17, 15) is 0 Å². The minimum atomic E-state index is 0.0528. The lowest BCUT2D eigenvalue weighted by Gasteiger charge is -2.04. The molecule has 1 aromatic heterocycles. The molecule has 0 amide bonds. The van der Waals surface area contributed by atoms with E-state index in [1.807, 2.05) is 30.3 Å². The zero-order chi connectivity index (χ0) is 13.0. The van der Waals surface area contributed by atoms with Gasteiger partial charge in [-0.3, -0.25) is 5.41 Å². The molecule has 92 valence electrons. The highest BCUT2D eigenvalue weighted by Crippen LogP contribution is 2.25. The highest BCUT2D eigenvalue weighted by Gasteiger charge is 2.03. The summed E-state index contributed by atoms with van der Waals surface area (Å²) in [4.78, 5) is 4.23. The first kappa shape index (κ1) is 12.9. The predicted octanol–water partition coefficient (Wildman–Crippen LogP) is 3.31. The average Bonchev–Trinajstić information content (AvgIpc) is 2.38. The second-order valence-electron chi connectivity index (χ2n) is 3.68. The van der Waals surface area contributed by atoms with Crippen LogP contribution < -0.4 is 5.73 Å².